The fourth-order valence-corrected chi connectivity index (χ4v) is 1.45. The van der Waals surface area contributed by atoms with Crippen molar-refractivity contribution >= 4 is 21.7 Å². The number of hydrogen-bond acceptors (Lipinski definition) is 2. The van der Waals surface area contributed by atoms with Gasteiger partial charge in [0.25, 0.3) is 0 Å². The first-order valence-electron chi connectivity index (χ1n) is 3.55. The van der Waals surface area contributed by atoms with Crippen LogP contribution in [0.2, 0.25) is 0 Å². The van der Waals surface area contributed by atoms with Crippen LogP contribution in [0, 0.1) is 0 Å². The Balaban J connectivity index is 3.20. The summed E-state index contributed by atoms with van der Waals surface area (Å²) in [5, 5.41) is 8.92. The van der Waals surface area contributed by atoms with Crippen LogP contribution < -0.4 is 0 Å². The molecule has 1 N–H and O–H groups in total. The average Bonchev–Trinajstić information content (AvgIpc) is 2.03. The minimum Gasteiger partial charge on any atom is -0.392 e. The molecular formula is C9H9BrO2. The standard InChI is InChI=1S/C9H9BrO2/c1-6(12)9-3-2-8(10)4-7(9)5-11/h2-4,11H,5H2,1H3. The number of hydrogen-bond donors (Lipinski definition) is 1. The van der Waals surface area contributed by atoms with E-state index in [-0.39, 0.29) is 12.4 Å². The van der Waals surface area contributed by atoms with E-state index in [1.54, 1.807) is 18.2 Å². The highest BCUT2D eigenvalue weighted by Crippen LogP contribution is 2.16. The van der Waals surface area contributed by atoms with E-state index in [0.29, 0.717) is 11.1 Å². The van der Waals surface area contributed by atoms with Gasteiger partial charge in [0, 0.05) is 10.0 Å². The first-order chi connectivity index (χ1) is 5.65. The highest BCUT2D eigenvalue weighted by Gasteiger charge is 2.05. The van der Waals surface area contributed by atoms with Crippen LogP contribution in [0.3, 0.4) is 0 Å². The molecule has 0 amide bonds. The van der Waals surface area contributed by atoms with E-state index in [9.17, 15) is 4.79 Å². The number of rotatable bonds is 2. The fourth-order valence-electron chi connectivity index (χ4n) is 1.04. The minimum absolute atomic E-state index is 0.0217. The lowest BCUT2D eigenvalue weighted by Gasteiger charge is -2.03. The summed E-state index contributed by atoms with van der Waals surface area (Å²) < 4.78 is 0.872. The summed E-state index contributed by atoms with van der Waals surface area (Å²) in [6.45, 7) is 1.39. The van der Waals surface area contributed by atoms with Gasteiger partial charge in [-0.1, -0.05) is 15.9 Å². The van der Waals surface area contributed by atoms with Gasteiger partial charge in [-0.05, 0) is 30.7 Å². The Labute approximate surface area is 79.3 Å². The molecule has 1 aromatic carbocycles. The summed E-state index contributed by atoms with van der Waals surface area (Å²) in [4.78, 5) is 11.0. The van der Waals surface area contributed by atoms with Gasteiger partial charge in [0.2, 0.25) is 0 Å². The summed E-state index contributed by atoms with van der Waals surface area (Å²) in [5.74, 6) is -0.0217. The van der Waals surface area contributed by atoms with Gasteiger partial charge >= 0.3 is 0 Å². The van der Waals surface area contributed by atoms with Crippen LogP contribution in [-0.4, -0.2) is 10.9 Å². The molecule has 0 aliphatic carbocycles. The summed E-state index contributed by atoms with van der Waals surface area (Å²) in [6.07, 6.45) is 0. The van der Waals surface area contributed by atoms with E-state index in [4.69, 9.17) is 5.11 Å². The zero-order valence-corrected chi connectivity index (χ0v) is 8.26. The third-order valence-electron chi connectivity index (χ3n) is 1.62. The normalized spacial score (nSPS) is 9.92. The van der Waals surface area contributed by atoms with Crippen LogP contribution in [0.25, 0.3) is 0 Å². The predicted octanol–water partition coefficient (Wildman–Crippen LogP) is 2.14. The number of benzene rings is 1. The van der Waals surface area contributed by atoms with Gasteiger partial charge in [0.15, 0.2) is 5.78 Å². The Bertz CT molecular complexity index is 307. The van der Waals surface area contributed by atoms with Gasteiger partial charge in [-0.25, -0.2) is 0 Å². The van der Waals surface area contributed by atoms with Crippen molar-refractivity contribution in [3.8, 4) is 0 Å². The molecule has 1 aromatic rings. The molecule has 0 aliphatic rings. The van der Waals surface area contributed by atoms with Crippen molar-refractivity contribution in [2.45, 2.75) is 13.5 Å². The maximum atomic E-state index is 11.0. The Hall–Kier alpha value is -0.670. The lowest BCUT2D eigenvalue weighted by Crippen LogP contribution is -1.98. The number of halogens is 1. The maximum absolute atomic E-state index is 11.0. The summed E-state index contributed by atoms with van der Waals surface area (Å²) in [5.41, 5.74) is 1.25. The first-order valence-corrected chi connectivity index (χ1v) is 4.34. The molecule has 0 atom stereocenters. The molecule has 2 nitrogen and oxygen atoms in total. The quantitative estimate of drug-likeness (QED) is 0.789. The van der Waals surface area contributed by atoms with Gasteiger partial charge in [-0.2, -0.15) is 0 Å². The number of Topliss-reactive ketones (excluding diaryl/α,β-unsaturated/α-hetero) is 1. The van der Waals surface area contributed by atoms with Crippen LogP contribution >= 0.6 is 15.9 Å². The van der Waals surface area contributed by atoms with Crippen molar-refractivity contribution in [1.29, 1.82) is 0 Å². The number of aliphatic hydroxyl groups is 1. The Morgan fingerprint density at radius 2 is 2.25 bits per heavy atom. The molecule has 0 radical (unpaired) electrons. The SMILES string of the molecule is CC(=O)c1ccc(Br)cc1CO. The molecular weight excluding hydrogens is 220 g/mol. The van der Waals surface area contributed by atoms with E-state index in [2.05, 4.69) is 15.9 Å². The number of carbonyl (C=O) groups excluding carboxylic acids is 1. The second-order valence-corrected chi connectivity index (χ2v) is 3.43. The van der Waals surface area contributed by atoms with Gasteiger partial charge < -0.3 is 5.11 Å². The van der Waals surface area contributed by atoms with Crippen LogP contribution in [0.15, 0.2) is 22.7 Å². The Morgan fingerprint density at radius 3 is 2.75 bits per heavy atom. The van der Waals surface area contributed by atoms with Crippen LogP contribution in [0.5, 0.6) is 0 Å². The summed E-state index contributed by atoms with van der Waals surface area (Å²) in [7, 11) is 0. The Morgan fingerprint density at radius 1 is 1.58 bits per heavy atom. The minimum atomic E-state index is -0.103. The molecule has 0 saturated carbocycles. The molecule has 0 aliphatic heterocycles. The van der Waals surface area contributed by atoms with Crippen molar-refractivity contribution in [3.63, 3.8) is 0 Å². The van der Waals surface area contributed by atoms with Crippen molar-refractivity contribution in [2.24, 2.45) is 0 Å². The van der Waals surface area contributed by atoms with Crippen LogP contribution in [-0.2, 0) is 6.61 Å². The largest absolute Gasteiger partial charge is 0.392 e. The van der Waals surface area contributed by atoms with Crippen molar-refractivity contribution in [2.75, 3.05) is 0 Å². The molecule has 12 heavy (non-hydrogen) atoms. The van der Waals surface area contributed by atoms with Gasteiger partial charge in [-0.3, -0.25) is 4.79 Å². The van der Waals surface area contributed by atoms with E-state index >= 15 is 0 Å². The maximum Gasteiger partial charge on any atom is 0.160 e. The third kappa shape index (κ3) is 1.93. The van der Waals surface area contributed by atoms with Gasteiger partial charge in [0.05, 0.1) is 6.61 Å². The number of aliphatic hydroxyl groups excluding tert-OH is 1. The van der Waals surface area contributed by atoms with Crippen molar-refractivity contribution in [1.82, 2.24) is 0 Å². The van der Waals surface area contributed by atoms with Crippen LogP contribution in [0.4, 0.5) is 0 Å². The second-order valence-electron chi connectivity index (χ2n) is 2.52. The Kier molecular flexibility index (Phi) is 3.00. The predicted molar refractivity (Wildman–Crippen MR) is 50.1 cm³/mol. The molecule has 0 heterocycles. The van der Waals surface area contributed by atoms with Gasteiger partial charge in [-0.15, -0.1) is 0 Å². The molecule has 3 heteroatoms. The molecule has 1 rings (SSSR count). The monoisotopic (exact) mass is 228 g/mol. The second kappa shape index (κ2) is 3.83. The molecule has 0 saturated heterocycles. The van der Waals surface area contributed by atoms with E-state index in [1.807, 2.05) is 0 Å². The zero-order chi connectivity index (χ0) is 9.14. The third-order valence-corrected chi connectivity index (χ3v) is 2.11. The summed E-state index contributed by atoms with van der Waals surface area (Å²) >= 11 is 3.26. The zero-order valence-electron chi connectivity index (χ0n) is 6.67. The van der Waals surface area contributed by atoms with E-state index < -0.39 is 0 Å². The molecule has 0 spiro atoms. The molecule has 0 unspecified atom stereocenters. The summed E-state index contributed by atoms with van der Waals surface area (Å²) in [6, 6.07) is 5.24. The number of ketones is 1. The van der Waals surface area contributed by atoms with Crippen LogP contribution in [0.1, 0.15) is 22.8 Å². The lowest BCUT2D eigenvalue weighted by molar-refractivity contribution is 0.101. The van der Waals surface area contributed by atoms with E-state index in [1.165, 1.54) is 6.92 Å². The van der Waals surface area contributed by atoms with E-state index in [0.717, 1.165) is 4.47 Å². The molecule has 0 bridgehead atoms. The highest BCUT2D eigenvalue weighted by atomic mass is 79.9. The van der Waals surface area contributed by atoms with Crippen molar-refractivity contribution in [3.05, 3.63) is 33.8 Å². The molecule has 0 aromatic heterocycles. The molecule has 0 fully saturated rings. The number of carbonyl (C=O) groups is 1. The average molecular weight is 229 g/mol. The van der Waals surface area contributed by atoms with Gasteiger partial charge in [0.1, 0.15) is 0 Å². The topological polar surface area (TPSA) is 37.3 Å². The van der Waals surface area contributed by atoms with Crippen molar-refractivity contribution < 1.29 is 9.90 Å². The smallest absolute Gasteiger partial charge is 0.160 e. The lowest BCUT2D eigenvalue weighted by atomic mass is 10.1. The highest BCUT2D eigenvalue weighted by molar-refractivity contribution is 9.10. The fraction of sp³-hybridized carbons (Fsp3) is 0.222. The molecule has 64 valence electrons. The first kappa shape index (κ1) is 9.42.